The van der Waals surface area contributed by atoms with Crippen molar-refractivity contribution >= 4 is 27.4 Å². The second-order valence-electron chi connectivity index (χ2n) is 4.99. The molecular weight excluding hydrogens is 356 g/mol. The summed E-state index contributed by atoms with van der Waals surface area (Å²) in [7, 11) is -3.68. The predicted octanol–water partition coefficient (Wildman–Crippen LogP) is 2.16. The molecule has 0 spiro atoms. The molecule has 2 aromatic carbocycles. The van der Waals surface area contributed by atoms with Crippen LogP contribution in [0.25, 0.3) is 0 Å². The van der Waals surface area contributed by atoms with Crippen LogP contribution in [0.5, 0.6) is 0 Å². The van der Waals surface area contributed by atoms with Crippen molar-refractivity contribution in [2.75, 3.05) is 18.2 Å². The Balaban J connectivity index is 2.07. The van der Waals surface area contributed by atoms with Crippen LogP contribution in [0.2, 0.25) is 0 Å². The van der Waals surface area contributed by atoms with Crippen LogP contribution in [0, 0.1) is 11.6 Å². The van der Waals surface area contributed by atoms with Crippen molar-refractivity contribution in [2.24, 2.45) is 0 Å². The minimum absolute atomic E-state index is 0.241. The number of ether oxygens (including phenoxy) is 1. The molecule has 0 radical (unpaired) electrons. The zero-order chi connectivity index (χ0) is 18.6. The standard InChI is InChI=1S/C16H13F2NO5S/c1-25(22,23)13-8-3-2-5-10(13)16(21)24-9-14(20)19-15-11(17)6-4-7-12(15)18/h2-8H,9H2,1H3,(H,19,20). The summed E-state index contributed by atoms with van der Waals surface area (Å²) in [5, 5.41) is 1.95. The molecule has 0 aromatic heterocycles. The van der Waals surface area contributed by atoms with Crippen molar-refractivity contribution in [3.8, 4) is 0 Å². The van der Waals surface area contributed by atoms with Crippen molar-refractivity contribution in [1.29, 1.82) is 0 Å². The fraction of sp³-hybridized carbons (Fsp3) is 0.125. The summed E-state index contributed by atoms with van der Waals surface area (Å²) in [5.74, 6) is -4.00. The molecule has 0 aliphatic heterocycles. The van der Waals surface area contributed by atoms with Gasteiger partial charge in [-0.1, -0.05) is 18.2 Å². The molecule has 0 unspecified atom stereocenters. The molecule has 1 N–H and O–H groups in total. The maximum absolute atomic E-state index is 13.4. The third kappa shape index (κ3) is 4.60. The van der Waals surface area contributed by atoms with E-state index in [1.165, 1.54) is 24.3 Å². The van der Waals surface area contributed by atoms with Gasteiger partial charge in [-0.15, -0.1) is 0 Å². The summed E-state index contributed by atoms with van der Waals surface area (Å²) >= 11 is 0. The molecule has 0 saturated carbocycles. The Hall–Kier alpha value is -2.81. The first kappa shape index (κ1) is 18.5. The summed E-state index contributed by atoms with van der Waals surface area (Å²) in [5.41, 5.74) is -0.907. The predicted molar refractivity (Wildman–Crippen MR) is 84.8 cm³/mol. The lowest BCUT2D eigenvalue weighted by molar-refractivity contribution is -0.119. The van der Waals surface area contributed by atoms with Gasteiger partial charge in [0.2, 0.25) is 0 Å². The summed E-state index contributed by atoms with van der Waals surface area (Å²) < 4.78 is 54.9. The first-order valence-corrected chi connectivity index (χ1v) is 8.79. The first-order valence-electron chi connectivity index (χ1n) is 6.90. The van der Waals surface area contributed by atoms with Gasteiger partial charge in [-0.05, 0) is 24.3 Å². The van der Waals surface area contributed by atoms with E-state index in [1.54, 1.807) is 0 Å². The van der Waals surface area contributed by atoms with Gasteiger partial charge in [-0.25, -0.2) is 22.0 Å². The molecule has 2 aromatic rings. The molecule has 0 saturated heterocycles. The maximum atomic E-state index is 13.4. The molecule has 0 heterocycles. The lowest BCUT2D eigenvalue weighted by Gasteiger charge is -2.09. The summed E-state index contributed by atoms with van der Waals surface area (Å²) in [6.07, 6.45) is 0.923. The number of esters is 1. The van der Waals surface area contributed by atoms with Gasteiger partial charge >= 0.3 is 5.97 Å². The number of hydrogen-bond acceptors (Lipinski definition) is 5. The lowest BCUT2D eigenvalue weighted by Crippen LogP contribution is -2.22. The number of benzene rings is 2. The number of carbonyl (C=O) groups is 2. The van der Waals surface area contributed by atoms with Gasteiger partial charge in [0, 0.05) is 6.26 Å². The fourth-order valence-electron chi connectivity index (χ4n) is 1.96. The third-order valence-electron chi connectivity index (χ3n) is 3.07. The Morgan fingerprint density at radius 3 is 2.24 bits per heavy atom. The van der Waals surface area contributed by atoms with Crippen molar-refractivity contribution in [1.82, 2.24) is 0 Å². The highest BCUT2D eigenvalue weighted by molar-refractivity contribution is 7.90. The van der Waals surface area contributed by atoms with Gasteiger partial charge in [0.1, 0.15) is 17.3 Å². The number of sulfone groups is 1. The Bertz CT molecular complexity index is 908. The molecule has 0 fully saturated rings. The molecule has 6 nitrogen and oxygen atoms in total. The molecule has 1 amide bonds. The average molecular weight is 369 g/mol. The van der Waals surface area contributed by atoms with Gasteiger partial charge in [0.25, 0.3) is 5.91 Å². The molecule has 25 heavy (non-hydrogen) atoms. The van der Waals surface area contributed by atoms with E-state index < -0.39 is 45.6 Å². The molecule has 9 heteroatoms. The molecule has 0 bridgehead atoms. The summed E-state index contributed by atoms with van der Waals surface area (Å²) in [4.78, 5) is 23.4. The summed E-state index contributed by atoms with van der Waals surface area (Å²) in [6, 6.07) is 8.34. The van der Waals surface area contributed by atoms with Crippen molar-refractivity contribution < 1.29 is 31.5 Å². The number of amides is 1. The largest absolute Gasteiger partial charge is 0.452 e. The van der Waals surface area contributed by atoms with Crippen LogP contribution in [-0.2, 0) is 19.4 Å². The van der Waals surface area contributed by atoms with Gasteiger partial charge < -0.3 is 10.1 Å². The van der Waals surface area contributed by atoms with E-state index in [1.807, 2.05) is 5.32 Å². The Morgan fingerprint density at radius 2 is 1.64 bits per heavy atom. The van der Waals surface area contributed by atoms with Crippen molar-refractivity contribution in [3.63, 3.8) is 0 Å². The van der Waals surface area contributed by atoms with Crippen LogP contribution in [0.15, 0.2) is 47.4 Å². The zero-order valence-electron chi connectivity index (χ0n) is 13.0. The van der Waals surface area contributed by atoms with Crippen molar-refractivity contribution in [2.45, 2.75) is 4.90 Å². The maximum Gasteiger partial charge on any atom is 0.339 e. The number of para-hydroxylation sites is 1. The smallest absolute Gasteiger partial charge is 0.339 e. The highest BCUT2D eigenvalue weighted by Gasteiger charge is 2.20. The Kier molecular flexibility index (Phi) is 5.48. The number of rotatable bonds is 5. The molecule has 0 aliphatic rings. The van der Waals surface area contributed by atoms with E-state index in [2.05, 4.69) is 0 Å². The number of nitrogens with one attached hydrogen (secondary N) is 1. The molecule has 0 atom stereocenters. The molecule has 0 aliphatic carbocycles. The van der Waals surface area contributed by atoms with Gasteiger partial charge in [0.05, 0.1) is 10.5 Å². The highest BCUT2D eigenvalue weighted by Crippen LogP contribution is 2.18. The van der Waals surface area contributed by atoms with Crippen LogP contribution in [-0.4, -0.2) is 33.2 Å². The Labute approximate surface area is 142 Å². The second kappa shape index (κ2) is 7.39. The minimum atomic E-state index is -3.68. The van der Waals surface area contributed by atoms with Crippen LogP contribution >= 0.6 is 0 Å². The number of anilines is 1. The monoisotopic (exact) mass is 369 g/mol. The molecular formula is C16H13F2NO5S. The first-order chi connectivity index (χ1) is 11.7. The van der Waals surface area contributed by atoms with E-state index >= 15 is 0 Å². The van der Waals surface area contributed by atoms with Crippen LogP contribution < -0.4 is 5.32 Å². The topological polar surface area (TPSA) is 89.5 Å². The lowest BCUT2D eigenvalue weighted by atomic mass is 10.2. The van der Waals surface area contributed by atoms with E-state index in [0.29, 0.717) is 0 Å². The number of hydrogen-bond donors (Lipinski definition) is 1. The zero-order valence-corrected chi connectivity index (χ0v) is 13.8. The van der Waals surface area contributed by atoms with Gasteiger partial charge in [0.15, 0.2) is 16.4 Å². The van der Waals surface area contributed by atoms with E-state index in [-0.39, 0.29) is 10.5 Å². The minimum Gasteiger partial charge on any atom is -0.452 e. The fourth-order valence-corrected chi connectivity index (χ4v) is 2.84. The van der Waals surface area contributed by atoms with Crippen LogP contribution in [0.1, 0.15) is 10.4 Å². The third-order valence-corrected chi connectivity index (χ3v) is 4.22. The van der Waals surface area contributed by atoms with E-state index in [9.17, 15) is 26.8 Å². The Morgan fingerprint density at radius 1 is 1.04 bits per heavy atom. The highest BCUT2D eigenvalue weighted by atomic mass is 32.2. The molecule has 2 rings (SSSR count). The average Bonchev–Trinajstić information content (AvgIpc) is 2.55. The van der Waals surface area contributed by atoms with E-state index in [0.717, 1.165) is 24.5 Å². The van der Waals surface area contributed by atoms with Gasteiger partial charge in [-0.3, -0.25) is 4.79 Å². The summed E-state index contributed by atoms with van der Waals surface area (Å²) in [6.45, 7) is -0.843. The van der Waals surface area contributed by atoms with Crippen LogP contribution in [0.4, 0.5) is 14.5 Å². The molecule has 132 valence electrons. The van der Waals surface area contributed by atoms with Crippen LogP contribution in [0.3, 0.4) is 0 Å². The van der Waals surface area contributed by atoms with Crippen molar-refractivity contribution in [3.05, 3.63) is 59.7 Å². The quantitative estimate of drug-likeness (QED) is 0.816. The number of halogens is 2. The normalized spacial score (nSPS) is 11.0. The van der Waals surface area contributed by atoms with E-state index in [4.69, 9.17) is 4.74 Å². The van der Waals surface area contributed by atoms with Gasteiger partial charge in [-0.2, -0.15) is 0 Å². The second-order valence-corrected chi connectivity index (χ2v) is 6.97. The number of carbonyl (C=O) groups excluding carboxylic acids is 2. The SMILES string of the molecule is CS(=O)(=O)c1ccccc1C(=O)OCC(=O)Nc1c(F)cccc1F.